The number of aliphatic carboxylic acids is 1. The van der Waals surface area contributed by atoms with E-state index in [0.29, 0.717) is 16.8 Å². The second-order valence-electron chi connectivity index (χ2n) is 14.0. The summed E-state index contributed by atoms with van der Waals surface area (Å²) < 4.78 is 82.9. The van der Waals surface area contributed by atoms with Gasteiger partial charge in [0.1, 0.15) is 11.6 Å². The largest absolute Gasteiger partial charge is 0.550 e. The van der Waals surface area contributed by atoms with Crippen LogP contribution < -0.4 is 13.7 Å². The molecule has 1 unspecified atom stereocenters. The highest BCUT2D eigenvalue weighted by Gasteiger charge is 2.33. The van der Waals surface area contributed by atoms with Crippen molar-refractivity contribution in [2.75, 3.05) is 34.7 Å². The molecule has 0 bridgehead atoms. The molecular formula is C38H45F2N6O9S2-. The Bertz CT molecular complexity index is 2330. The topological polar surface area (TPSA) is 227 Å². The zero-order chi connectivity index (χ0) is 42.6. The van der Waals surface area contributed by atoms with Gasteiger partial charge in [0, 0.05) is 55.2 Å². The first kappa shape index (κ1) is 44.8. The number of sulfonamides is 2. The minimum atomic E-state index is -4.53. The van der Waals surface area contributed by atoms with E-state index in [-0.39, 0.29) is 52.4 Å². The summed E-state index contributed by atoms with van der Waals surface area (Å²) in [6.45, 7) is 6.96. The molecule has 4 rings (SSSR count). The van der Waals surface area contributed by atoms with Crippen LogP contribution in [-0.4, -0.2) is 96.4 Å². The van der Waals surface area contributed by atoms with Gasteiger partial charge in [0.15, 0.2) is 0 Å². The summed E-state index contributed by atoms with van der Waals surface area (Å²) in [7, 11) is -5.98. The monoisotopic (exact) mass is 831 g/mol. The number of hydrogen-bond acceptors (Lipinski definition) is 13. The summed E-state index contributed by atoms with van der Waals surface area (Å²) >= 11 is 0. The predicted molar refractivity (Wildman–Crippen MR) is 209 cm³/mol. The Hall–Kier alpha value is -4.95. The zero-order valence-electron chi connectivity index (χ0n) is 32.3. The number of aliphatic hydroxyl groups is 3. The number of carboxylic acid groups (broad SMARTS) is 1. The van der Waals surface area contributed by atoms with Crippen LogP contribution in [0.5, 0.6) is 0 Å². The lowest BCUT2D eigenvalue weighted by molar-refractivity contribution is -0.307. The maximum Gasteiger partial charge on any atom is 0.240 e. The minimum Gasteiger partial charge on any atom is -0.550 e. The van der Waals surface area contributed by atoms with Crippen molar-refractivity contribution in [3.8, 4) is 22.5 Å². The van der Waals surface area contributed by atoms with Crippen LogP contribution in [0.25, 0.3) is 28.6 Å². The number of carbonyl (C=O) groups is 1. The number of halogens is 2. The molecule has 19 heteroatoms. The van der Waals surface area contributed by atoms with Gasteiger partial charge in [-0.15, -0.1) is 0 Å². The van der Waals surface area contributed by atoms with Gasteiger partial charge in [-0.25, -0.2) is 54.2 Å². The average molecular weight is 832 g/mol. The first-order valence-corrected chi connectivity index (χ1v) is 21.1. The fourth-order valence-electron chi connectivity index (χ4n) is 5.77. The van der Waals surface area contributed by atoms with E-state index in [1.807, 2.05) is 0 Å². The molecule has 2 aromatic carbocycles. The molecule has 0 radical (unpaired) electrons. The molecule has 2 aromatic heterocycles. The maximum absolute atomic E-state index is 14.2. The molecule has 0 aliphatic carbocycles. The van der Waals surface area contributed by atoms with E-state index in [2.05, 4.69) is 19.9 Å². The Kier molecular flexibility index (Phi) is 14.2. The summed E-state index contributed by atoms with van der Waals surface area (Å²) in [5, 5.41) is 43.2. The van der Waals surface area contributed by atoms with Crippen LogP contribution in [-0.2, 0) is 24.8 Å². The standard InChI is InChI=1S/C38H46F2N6O9S2/c1-21(2)33-29(17-16-27(47)18-28(48)19-31(50)51)35(23-8-12-25(39)13-9-23)43-38(41-33)46(6)57(54,55)20-30(49)32-34(22(3)4)42-37(45(5)56(7,52)53)44-36(32)24-10-14-26(40)15-11-24/h8-17,21-22,27-28,30,47-49H,18-20H2,1-7H3,(H,50,51)/p-1/b17-16+/t27-,28-,30?/m1/s1. The van der Waals surface area contributed by atoms with E-state index in [0.717, 1.165) is 27.0 Å². The Balaban J connectivity index is 1.84. The molecule has 3 N–H and O–H groups in total. The lowest BCUT2D eigenvalue weighted by Gasteiger charge is -2.26. The van der Waals surface area contributed by atoms with Crippen LogP contribution in [0, 0.1) is 11.6 Å². The molecule has 4 aromatic rings. The third-order valence-corrected chi connectivity index (χ3v) is 11.7. The smallest absolute Gasteiger partial charge is 0.240 e. The van der Waals surface area contributed by atoms with E-state index in [1.54, 1.807) is 27.7 Å². The van der Waals surface area contributed by atoms with Crippen molar-refractivity contribution in [1.29, 1.82) is 0 Å². The Labute approximate surface area is 330 Å². The van der Waals surface area contributed by atoms with Crippen molar-refractivity contribution < 1.29 is 50.8 Å². The lowest BCUT2D eigenvalue weighted by Crippen LogP contribution is -2.34. The van der Waals surface area contributed by atoms with E-state index in [4.69, 9.17) is 0 Å². The number of carbonyl (C=O) groups excluding carboxylic acids is 1. The van der Waals surface area contributed by atoms with E-state index in [9.17, 15) is 50.8 Å². The van der Waals surface area contributed by atoms with Gasteiger partial charge >= 0.3 is 0 Å². The van der Waals surface area contributed by atoms with Crippen LogP contribution in [0.15, 0.2) is 54.6 Å². The van der Waals surface area contributed by atoms with Gasteiger partial charge < -0.3 is 25.2 Å². The average Bonchev–Trinajstić information content (AvgIpc) is 3.12. The van der Waals surface area contributed by atoms with Crippen molar-refractivity contribution in [2.24, 2.45) is 0 Å². The SMILES string of the molecule is CC(C)c1nc(N(C)S(=O)(=O)CC(O)c2c(-c3ccc(F)cc3)nc(N(C)S(C)(=O)=O)nc2C(C)C)nc(-c2ccc(F)cc2)c1/C=C/[C@@H](O)C[C@@H](O)CC(=O)[O-]. The van der Waals surface area contributed by atoms with Crippen LogP contribution in [0.1, 0.15) is 81.0 Å². The van der Waals surface area contributed by atoms with Gasteiger partial charge in [0.05, 0.1) is 53.1 Å². The number of carboxylic acids is 1. The molecule has 15 nitrogen and oxygen atoms in total. The van der Waals surface area contributed by atoms with Crippen molar-refractivity contribution >= 4 is 44.0 Å². The molecule has 2 heterocycles. The fraction of sp³-hybridized carbons (Fsp3) is 0.395. The van der Waals surface area contributed by atoms with E-state index >= 15 is 0 Å². The van der Waals surface area contributed by atoms with Crippen molar-refractivity contribution in [2.45, 2.75) is 70.7 Å². The highest BCUT2D eigenvalue weighted by atomic mass is 32.2. The van der Waals surface area contributed by atoms with Crippen LogP contribution in [0.3, 0.4) is 0 Å². The Morgan fingerprint density at radius 3 is 1.74 bits per heavy atom. The number of benzene rings is 2. The molecule has 0 fully saturated rings. The maximum atomic E-state index is 14.2. The molecule has 3 atom stereocenters. The van der Waals surface area contributed by atoms with Crippen molar-refractivity contribution in [3.63, 3.8) is 0 Å². The van der Waals surface area contributed by atoms with Crippen LogP contribution in [0.2, 0.25) is 0 Å². The lowest BCUT2D eigenvalue weighted by atomic mass is 9.95. The number of hydrogen-bond donors (Lipinski definition) is 3. The first-order valence-electron chi connectivity index (χ1n) is 17.7. The zero-order valence-corrected chi connectivity index (χ0v) is 34.0. The fourth-order valence-corrected chi connectivity index (χ4v) is 7.27. The van der Waals surface area contributed by atoms with Crippen LogP contribution >= 0.6 is 0 Å². The van der Waals surface area contributed by atoms with Gasteiger partial charge in [-0.3, -0.25) is 0 Å². The van der Waals surface area contributed by atoms with Gasteiger partial charge in [-0.05, 0) is 60.4 Å². The van der Waals surface area contributed by atoms with Gasteiger partial charge in [-0.2, -0.15) is 0 Å². The normalized spacial score (nSPS) is 13.9. The summed E-state index contributed by atoms with van der Waals surface area (Å²) in [5.41, 5.74) is 1.46. The molecular weight excluding hydrogens is 787 g/mol. The van der Waals surface area contributed by atoms with E-state index < -0.39 is 74.1 Å². The summed E-state index contributed by atoms with van der Waals surface area (Å²) in [6, 6.07) is 10.1. The molecule has 0 aliphatic rings. The number of aromatic nitrogens is 4. The minimum absolute atomic E-state index is 0.0213. The highest BCUT2D eigenvalue weighted by molar-refractivity contribution is 7.92. The number of nitrogens with zero attached hydrogens (tertiary/aromatic N) is 6. The number of aliphatic hydroxyl groups excluding tert-OH is 3. The molecule has 0 amide bonds. The summed E-state index contributed by atoms with van der Waals surface area (Å²) in [4.78, 5) is 28.8. The molecule has 0 spiro atoms. The van der Waals surface area contributed by atoms with Crippen molar-refractivity contribution in [3.05, 3.63) is 88.8 Å². The summed E-state index contributed by atoms with van der Waals surface area (Å²) in [5.74, 6) is -5.05. The molecule has 57 heavy (non-hydrogen) atoms. The van der Waals surface area contributed by atoms with Crippen molar-refractivity contribution in [1.82, 2.24) is 19.9 Å². The molecule has 308 valence electrons. The number of rotatable bonds is 17. The van der Waals surface area contributed by atoms with Gasteiger partial charge in [0.2, 0.25) is 31.9 Å². The molecule has 0 saturated heterocycles. The molecule has 0 saturated carbocycles. The first-order chi connectivity index (χ1) is 26.5. The summed E-state index contributed by atoms with van der Waals surface area (Å²) in [6.07, 6.45) is -1.87. The van der Waals surface area contributed by atoms with Gasteiger partial charge in [-0.1, -0.05) is 39.8 Å². The second kappa shape index (κ2) is 18.1. The Morgan fingerprint density at radius 2 is 1.25 bits per heavy atom. The number of anilines is 2. The Morgan fingerprint density at radius 1 is 0.772 bits per heavy atom. The third kappa shape index (κ3) is 11.1. The van der Waals surface area contributed by atoms with E-state index in [1.165, 1.54) is 62.6 Å². The molecule has 0 aliphatic heterocycles. The van der Waals surface area contributed by atoms with Gasteiger partial charge in [0.25, 0.3) is 0 Å². The quantitative estimate of drug-likeness (QED) is 0.139. The predicted octanol–water partition coefficient (Wildman–Crippen LogP) is 3.29. The second-order valence-corrected chi connectivity index (χ2v) is 18.1. The van der Waals surface area contributed by atoms with Crippen LogP contribution in [0.4, 0.5) is 20.7 Å². The highest BCUT2D eigenvalue weighted by Crippen LogP contribution is 2.37. The third-order valence-electron chi connectivity index (χ3n) is 8.84.